The van der Waals surface area contributed by atoms with Crippen molar-refractivity contribution in [2.45, 2.75) is 12.5 Å². The number of hydrogen-bond donors (Lipinski definition) is 1. The largest absolute Gasteiger partial charge is 0.493 e. The summed E-state index contributed by atoms with van der Waals surface area (Å²) < 4.78 is 21.8. The van der Waals surface area contributed by atoms with Gasteiger partial charge in [0, 0.05) is 5.56 Å². The van der Waals surface area contributed by atoms with Crippen molar-refractivity contribution in [2.24, 2.45) is 0 Å². The van der Waals surface area contributed by atoms with Crippen molar-refractivity contribution in [2.75, 3.05) is 39.9 Å². The molecule has 2 rings (SSSR count). The third kappa shape index (κ3) is 6.88. The molecule has 0 radical (unpaired) electrons. The summed E-state index contributed by atoms with van der Waals surface area (Å²) in [6, 6.07) is 5.47. The first-order valence-corrected chi connectivity index (χ1v) is 12.4. The molecule has 0 fully saturated rings. The Labute approximate surface area is 203 Å². The first-order valence-electron chi connectivity index (χ1n) is 9.39. The van der Waals surface area contributed by atoms with E-state index in [1.54, 1.807) is 12.1 Å². The van der Waals surface area contributed by atoms with Crippen LogP contribution >= 0.6 is 39.0 Å². The Kier molecular flexibility index (Phi) is 10.3. The minimum Gasteiger partial charge on any atom is -0.493 e. The van der Waals surface area contributed by atoms with E-state index in [0.717, 1.165) is 3.79 Å². The van der Waals surface area contributed by atoms with Gasteiger partial charge in [-0.2, -0.15) is 11.8 Å². The van der Waals surface area contributed by atoms with Crippen molar-refractivity contribution in [3.8, 4) is 17.2 Å². The normalized spacial score (nSPS) is 11.4. The third-order valence-electron chi connectivity index (χ3n) is 4.32. The number of carbonyl (C=O) groups is 3. The summed E-state index contributed by atoms with van der Waals surface area (Å²) in [5, 5.41) is 2.68. The summed E-state index contributed by atoms with van der Waals surface area (Å²) in [7, 11) is 4.35. The fourth-order valence-electron chi connectivity index (χ4n) is 2.71. The lowest BCUT2D eigenvalue weighted by molar-refractivity contribution is -0.144. The third-order valence-corrected chi connectivity index (χ3v) is 6.63. The number of hydrogen-bond acceptors (Lipinski definition) is 9. The molecular weight excluding hydrogens is 522 g/mol. The minimum atomic E-state index is -0.920. The van der Waals surface area contributed by atoms with E-state index < -0.39 is 24.5 Å². The molecule has 1 aromatic carbocycles. The van der Waals surface area contributed by atoms with Gasteiger partial charge in [-0.25, -0.2) is 4.79 Å². The molecule has 1 heterocycles. The Morgan fingerprint density at radius 3 is 2.25 bits per heavy atom. The van der Waals surface area contributed by atoms with E-state index in [0.29, 0.717) is 34.3 Å². The Hall–Kier alpha value is -2.24. The smallest absolute Gasteiger partial charge is 0.329 e. The van der Waals surface area contributed by atoms with Gasteiger partial charge in [-0.05, 0) is 58.6 Å². The number of Topliss-reactive ketones (excluding diaryl/α,β-unsaturated/α-hetero) is 1. The van der Waals surface area contributed by atoms with Crippen molar-refractivity contribution in [3.05, 3.63) is 38.5 Å². The van der Waals surface area contributed by atoms with Crippen molar-refractivity contribution in [3.63, 3.8) is 0 Å². The van der Waals surface area contributed by atoms with Crippen LogP contribution < -0.4 is 19.5 Å². The standard InChI is InChI=1S/C21H24BrNO7S2/c1-27-15-9-12(10-16(28-2)19(15)29-3)20(25)23-13(7-8-31-4)21(26)30-11-14(24)17-5-6-18(22)32-17/h5-6,9-10,13H,7-8,11H2,1-4H3,(H,23,25)/t13-/m1/s1. The molecule has 8 nitrogen and oxygen atoms in total. The summed E-state index contributed by atoms with van der Waals surface area (Å²) in [4.78, 5) is 38.2. The molecule has 0 saturated heterocycles. The topological polar surface area (TPSA) is 100 Å². The van der Waals surface area contributed by atoms with Crippen LogP contribution in [0.1, 0.15) is 26.5 Å². The first kappa shape index (κ1) is 26.0. The number of amides is 1. The van der Waals surface area contributed by atoms with Gasteiger partial charge in [0.1, 0.15) is 6.04 Å². The van der Waals surface area contributed by atoms with Gasteiger partial charge in [-0.1, -0.05) is 0 Å². The van der Waals surface area contributed by atoms with Gasteiger partial charge in [-0.15, -0.1) is 11.3 Å². The highest BCUT2D eigenvalue weighted by Gasteiger charge is 2.25. The van der Waals surface area contributed by atoms with Crippen LogP contribution in [-0.2, 0) is 9.53 Å². The number of ketones is 1. The molecule has 0 spiro atoms. The van der Waals surface area contributed by atoms with Gasteiger partial charge >= 0.3 is 5.97 Å². The number of methoxy groups -OCH3 is 3. The highest BCUT2D eigenvalue weighted by molar-refractivity contribution is 9.11. The van der Waals surface area contributed by atoms with E-state index in [1.165, 1.54) is 56.6 Å². The minimum absolute atomic E-state index is 0.223. The average molecular weight is 546 g/mol. The number of ether oxygens (including phenoxy) is 4. The lowest BCUT2D eigenvalue weighted by Crippen LogP contribution is -2.42. The maximum Gasteiger partial charge on any atom is 0.329 e. The molecule has 11 heteroatoms. The van der Waals surface area contributed by atoms with Crippen molar-refractivity contribution in [1.82, 2.24) is 5.32 Å². The van der Waals surface area contributed by atoms with Crippen molar-refractivity contribution in [1.29, 1.82) is 0 Å². The Morgan fingerprint density at radius 1 is 1.09 bits per heavy atom. The summed E-state index contributed by atoms with van der Waals surface area (Å²) in [6.45, 7) is -0.401. The molecule has 1 atom stereocenters. The number of esters is 1. The number of thiophene rings is 1. The molecule has 1 amide bonds. The van der Waals surface area contributed by atoms with E-state index >= 15 is 0 Å². The lowest BCUT2D eigenvalue weighted by Gasteiger charge is -2.18. The molecule has 0 bridgehead atoms. The van der Waals surface area contributed by atoms with Crippen LogP contribution in [0, 0.1) is 0 Å². The lowest BCUT2D eigenvalue weighted by atomic mass is 10.1. The van der Waals surface area contributed by atoms with Gasteiger partial charge in [0.25, 0.3) is 5.91 Å². The Balaban J connectivity index is 2.12. The zero-order valence-corrected chi connectivity index (χ0v) is 21.3. The highest BCUT2D eigenvalue weighted by Crippen LogP contribution is 2.38. The summed E-state index contributed by atoms with van der Waals surface area (Å²) in [6.07, 6.45) is 2.23. The molecule has 1 aromatic heterocycles. The number of rotatable bonds is 12. The van der Waals surface area contributed by atoms with E-state index in [4.69, 9.17) is 18.9 Å². The second kappa shape index (κ2) is 12.7. The summed E-state index contributed by atoms with van der Waals surface area (Å²) >= 11 is 6.08. The maximum absolute atomic E-state index is 12.9. The zero-order valence-electron chi connectivity index (χ0n) is 18.1. The number of nitrogens with one attached hydrogen (secondary N) is 1. The molecule has 0 saturated carbocycles. The molecule has 174 valence electrons. The van der Waals surface area contributed by atoms with Gasteiger partial charge in [0.2, 0.25) is 11.5 Å². The van der Waals surface area contributed by atoms with E-state index in [9.17, 15) is 14.4 Å². The second-order valence-electron chi connectivity index (χ2n) is 6.36. The molecule has 2 aromatic rings. The first-order chi connectivity index (χ1) is 15.3. The summed E-state index contributed by atoms with van der Waals surface area (Å²) in [5.74, 6) is 0.0870. The highest BCUT2D eigenvalue weighted by atomic mass is 79.9. The molecule has 0 aliphatic heterocycles. The fraction of sp³-hybridized carbons (Fsp3) is 0.381. The van der Waals surface area contributed by atoms with Crippen LogP contribution in [0.25, 0.3) is 0 Å². The maximum atomic E-state index is 12.9. The van der Waals surface area contributed by atoms with E-state index in [2.05, 4.69) is 21.2 Å². The Morgan fingerprint density at radius 2 is 1.75 bits per heavy atom. The average Bonchev–Trinajstić information content (AvgIpc) is 3.24. The van der Waals surface area contributed by atoms with Crippen molar-refractivity contribution >= 4 is 56.7 Å². The monoisotopic (exact) mass is 545 g/mol. The molecule has 1 N–H and O–H groups in total. The molecule has 0 unspecified atom stereocenters. The van der Waals surface area contributed by atoms with Crippen LogP contribution in [0.3, 0.4) is 0 Å². The van der Waals surface area contributed by atoms with E-state index in [1.807, 2.05) is 6.26 Å². The van der Waals surface area contributed by atoms with Gasteiger partial charge in [-0.3, -0.25) is 9.59 Å². The number of thioether (sulfide) groups is 1. The van der Waals surface area contributed by atoms with Gasteiger partial charge < -0.3 is 24.3 Å². The predicted octanol–water partition coefficient (Wildman–Crippen LogP) is 3.81. The predicted molar refractivity (Wildman–Crippen MR) is 128 cm³/mol. The van der Waals surface area contributed by atoms with E-state index in [-0.39, 0.29) is 11.3 Å². The molecule has 0 aliphatic carbocycles. The summed E-state index contributed by atoms with van der Waals surface area (Å²) in [5.41, 5.74) is 0.223. The van der Waals surface area contributed by atoms with Crippen LogP contribution in [0.5, 0.6) is 17.2 Å². The quantitative estimate of drug-likeness (QED) is 0.317. The van der Waals surface area contributed by atoms with Gasteiger partial charge in [0.15, 0.2) is 18.1 Å². The number of carbonyl (C=O) groups excluding carboxylic acids is 3. The van der Waals surface area contributed by atoms with Crippen molar-refractivity contribution < 1.29 is 33.3 Å². The SMILES string of the molecule is COc1cc(C(=O)N[C@H](CCSC)C(=O)OCC(=O)c2ccc(Br)s2)cc(OC)c1OC. The van der Waals surface area contributed by atoms with Crippen LogP contribution in [0.4, 0.5) is 0 Å². The zero-order chi connectivity index (χ0) is 23.7. The van der Waals surface area contributed by atoms with Crippen LogP contribution in [0.15, 0.2) is 28.1 Å². The molecule has 0 aliphatic rings. The van der Waals surface area contributed by atoms with Crippen LogP contribution in [-0.4, -0.2) is 63.6 Å². The second-order valence-corrected chi connectivity index (χ2v) is 9.80. The molecule has 32 heavy (non-hydrogen) atoms. The van der Waals surface area contributed by atoms with Crippen LogP contribution in [0.2, 0.25) is 0 Å². The molecular formula is C21H24BrNO7S2. The van der Waals surface area contributed by atoms with Gasteiger partial charge in [0.05, 0.1) is 30.0 Å². The number of halogens is 1. The fourth-order valence-corrected chi connectivity index (χ4v) is 4.49. The number of benzene rings is 1. The Bertz CT molecular complexity index is 938.